The minimum Gasteiger partial charge on any atom is -0.309 e. The van der Waals surface area contributed by atoms with Crippen LogP contribution in [-0.4, -0.2) is 19.4 Å². The Kier molecular flexibility index (Phi) is 3.17. The van der Waals surface area contributed by atoms with Crippen molar-refractivity contribution in [3.8, 4) is 0 Å². The second-order valence-electron chi connectivity index (χ2n) is 5.15. The third-order valence-corrected chi connectivity index (χ3v) is 5.12. The molecule has 1 aromatic rings. The number of aromatic nitrogens is 1. The van der Waals surface area contributed by atoms with E-state index >= 15 is 0 Å². The Morgan fingerprint density at radius 2 is 2.06 bits per heavy atom. The van der Waals surface area contributed by atoms with Crippen LogP contribution in [0.4, 0.5) is 0 Å². The first-order chi connectivity index (χ1) is 8.51. The lowest BCUT2D eigenvalue weighted by Crippen LogP contribution is -2.15. The number of nitrogens with one attached hydrogen (secondary N) is 1. The molecule has 0 aliphatic heterocycles. The monoisotopic (exact) mass is 287 g/mol. The second kappa shape index (κ2) is 4.56. The molecule has 3 N–H and O–H groups in total. The Morgan fingerprint density at radius 3 is 2.61 bits per heavy atom. The summed E-state index contributed by atoms with van der Waals surface area (Å²) in [5.41, 5.74) is 1.10. The van der Waals surface area contributed by atoms with Crippen LogP contribution in [0.3, 0.4) is 0 Å². The van der Waals surface area contributed by atoms with Crippen LogP contribution in [0.15, 0.2) is 0 Å². The number of nitrogens with zero attached hydrogens (tertiary/aromatic N) is 1. The second-order valence-corrected chi connectivity index (χ2v) is 7.94. The minimum atomic E-state index is -3.48. The van der Waals surface area contributed by atoms with E-state index in [0.29, 0.717) is 17.0 Å². The maximum Gasteiger partial charge on any atom is 0.215 e. The number of sulfonamides is 1. The Bertz CT molecular complexity index is 545. The summed E-state index contributed by atoms with van der Waals surface area (Å²) in [4.78, 5) is 5.67. The van der Waals surface area contributed by atoms with E-state index < -0.39 is 10.0 Å². The number of thiazole rings is 1. The van der Waals surface area contributed by atoms with Gasteiger partial charge in [0.1, 0.15) is 10.8 Å². The van der Waals surface area contributed by atoms with Gasteiger partial charge in [-0.2, -0.15) is 0 Å². The highest BCUT2D eigenvalue weighted by atomic mass is 32.2. The highest BCUT2D eigenvalue weighted by Gasteiger charge is 2.30. The lowest BCUT2D eigenvalue weighted by Gasteiger charge is -2.01. The molecular formula is C11H17N3O2S2. The van der Waals surface area contributed by atoms with Crippen molar-refractivity contribution in [1.29, 1.82) is 0 Å². The standard InChI is InChI=1S/C11H17N3O2S2/c12-18(15,16)6-10-14-11(7-1-2-7)9(17-10)5-13-8-3-4-8/h7-8,13H,1-6H2,(H2,12,15,16). The van der Waals surface area contributed by atoms with Gasteiger partial charge in [-0.1, -0.05) is 0 Å². The van der Waals surface area contributed by atoms with Crippen LogP contribution in [0, 0.1) is 0 Å². The van der Waals surface area contributed by atoms with E-state index in [0.717, 1.165) is 12.2 Å². The van der Waals surface area contributed by atoms with Crippen molar-refractivity contribution in [2.45, 2.75) is 49.9 Å². The molecule has 0 amide bonds. The fourth-order valence-electron chi connectivity index (χ4n) is 1.97. The van der Waals surface area contributed by atoms with Gasteiger partial charge in [-0.25, -0.2) is 18.5 Å². The Balaban J connectivity index is 1.76. The van der Waals surface area contributed by atoms with Gasteiger partial charge in [-0.15, -0.1) is 11.3 Å². The summed E-state index contributed by atoms with van der Waals surface area (Å²) >= 11 is 1.49. The number of hydrogen-bond donors (Lipinski definition) is 2. The third-order valence-electron chi connectivity index (χ3n) is 3.19. The van der Waals surface area contributed by atoms with Crippen molar-refractivity contribution in [1.82, 2.24) is 10.3 Å². The number of nitrogens with two attached hydrogens (primary N) is 1. The molecule has 2 aliphatic rings. The van der Waals surface area contributed by atoms with Gasteiger partial charge >= 0.3 is 0 Å². The zero-order valence-corrected chi connectivity index (χ0v) is 11.7. The topological polar surface area (TPSA) is 85.1 Å². The highest BCUT2D eigenvalue weighted by Crippen LogP contribution is 2.43. The average molecular weight is 287 g/mol. The zero-order valence-electron chi connectivity index (χ0n) is 10.1. The molecule has 0 atom stereocenters. The molecule has 0 saturated heterocycles. The molecule has 3 rings (SSSR count). The van der Waals surface area contributed by atoms with Gasteiger partial charge in [0.2, 0.25) is 10.0 Å². The predicted octanol–water partition coefficient (Wildman–Crippen LogP) is 1.06. The fourth-order valence-corrected chi connectivity index (χ4v) is 4.01. The first kappa shape index (κ1) is 12.5. The van der Waals surface area contributed by atoms with Gasteiger partial charge < -0.3 is 5.32 Å². The fraction of sp³-hybridized carbons (Fsp3) is 0.727. The van der Waals surface area contributed by atoms with Crippen LogP contribution in [0.5, 0.6) is 0 Å². The smallest absolute Gasteiger partial charge is 0.215 e. The summed E-state index contributed by atoms with van der Waals surface area (Å²) in [6, 6.07) is 0.654. The van der Waals surface area contributed by atoms with Crippen molar-refractivity contribution < 1.29 is 8.42 Å². The molecule has 0 radical (unpaired) electrons. The summed E-state index contributed by atoms with van der Waals surface area (Å²) in [5.74, 6) is 0.410. The molecule has 0 spiro atoms. The number of primary sulfonamides is 1. The average Bonchev–Trinajstić information content (AvgIpc) is 3.14. The molecule has 1 heterocycles. The van der Waals surface area contributed by atoms with Gasteiger partial charge in [-0.3, -0.25) is 0 Å². The van der Waals surface area contributed by atoms with Crippen LogP contribution in [0.2, 0.25) is 0 Å². The van der Waals surface area contributed by atoms with E-state index in [1.165, 1.54) is 41.9 Å². The van der Waals surface area contributed by atoms with E-state index in [2.05, 4.69) is 10.3 Å². The Hall–Kier alpha value is -0.500. The molecule has 5 nitrogen and oxygen atoms in total. The first-order valence-corrected chi connectivity index (χ1v) is 8.77. The lowest BCUT2D eigenvalue weighted by atomic mass is 10.2. The van der Waals surface area contributed by atoms with Crippen molar-refractivity contribution in [2.24, 2.45) is 5.14 Å². The molecule has 2 aliphatic carbocycles. The molecule has 7 heteroatoms. The van der Waals surface area contributed by atoms with Crippen molar-refractivity contribution in [3.63, 3.8) is 0 Å². The van der Waals surface area contributed by atoms with Crippen molar-refractivity contribution in [3.05, 3.63) is 15.6 Å². The lowest BCUT2D eigenvalue weighted by molar-refractivity contribution is 0.597. The van der Waals surface area contributed by atoms with Crippen molar-refractivity contribution >= 4 is 21.4 Å². The SMILES string of the molecule is NS(=O)(=O)Cc1nc(C2CC2)c(CNC2CC2)s1. The summed E-state index contributed by atoms with van der Waals surface area (Å²) in [5, 5.41) is 9.17. The molecular weight excluding hydrogens is 270 g/mol. The molecule has 18 heavy (non-hydrogen) atoms. The van der Waals surface area contributed by atoms with E-state index in [4.69, 9.17) is 5.14 Å². The van der Waals surface area contributed by atoms with E-state index in [1.54, 1.807) is 0 Å². The van der Waals surface area contributed by atoms with Gasteiger partial charge in [0.25, 0.3) is 0 Å². The van der Waals surface area contributed by atoms with Gasteiger partial charge in [-0.05, 0) is 25.7 Å². The molecule has 100 valence electrons. The summed E-state index contributed by atoms with van der Waals surface area (Å²) in [6.07, 6.45) is 4.85. The van der Waals surface area contributed by atoms with Gasteiger partial charge in [0.15, 0.2) is 0 Å². The van der Waals surface area contributed by atoms with E-state index in [9.17, 15) is 8.42 Å². The van der Waals surface area contributed by atoms with Gasteiger partial charge in [0, 0.05) is 23.4 Å². The molecule has 0 bridgehead atoms. The normalized spacial score (nSPS) is 20.3. The van der Waals surface area contributed by atoms with Crippen LogP contribution < -0.4 is 10.5 Å². The van der Waals surface area contributed by atoms with E-state index in [1.807, 2.05) is 0 Å². The summed E-state index contributed by atoms with van der Waals surface area (Å²) in [7, 11) is -3.48. The van der Waals surface area contributed by atoms with Crippen LogP contribution in [0.1, 0.15) is 47.2 Å². The van der Waals surface area contributed by atoms with Crippen LogP contribution in [-0.2, 0) is 22.3 Å². The highest BCUT2D eigenvalue weighted by molar-refractivity contribution is 7.88. The Labute approximate surface area is 111 Å². The molecule has 2 fully saturated rings. The molecule has 2 saturated carbocycles. The largest absolute Gasteiger partial charge is 0.309 e. The minimum absolute atomic E-state index is 0.138. The quantitative estimate of drug-likeness (QED) is 0.819. The van der Waals surface area contributed by atoms with Crippen molar-refractivity contribution in [2.75, 3.05) is 0 Å². The molecule has 0 aromatic carbocycles. The predicted molar refractivity (Wildman–Crippen MR) is 70.8 cm³/mol. The number of hydrogen-bond acceptors (Lipinski definition) is 5. The maximum atomic E-state index is 11.1. The van der Waals surface area contributed by atoms with Gasteiger partial charge in [0.05, 0.1) is 5.69 Å². The first-order valence-electron chi connectivity index (χ1n) is 6.23. The zero-order chi connectivity index (χ0) is 12.8. The van der Waals surface area contributed by atoms with Crippen LogP contribution in [0.25, 0.3) is 0 Å². The summed E-state index contributed by atoms with van der Waals surface area (Å²) in [6.45, 7) is 0.818. The third kappa shape index (κ3) is 3.28. The molecule has 1 aromatic heterocycles. The number of rotatable bonds is 6. The Morgan fingerprint density at radius 1 is 1.33 bits per heavy atom. The molecule has 0 unspecified atom stereocenters. The summed E-state index contributed by atoms with van der Waals surface area (Å²) < 4.78 is 22.2. The van der Waals surface area contributed by atoms with E-state index in [-0.39, 0.29) is 5.75 Å². The maximum absolute atomic E-state index is 11.1. The van der Waals surface area contributed by atoms with Crippen LogP contribution >= 0.6 is 11.3 Å².